The van der Waals surface area contributed by atoms with E-state index in [1.165, 1.54) is 0 Å². The molecule has 3 aromatic heterocycles. The van der Waals surface area contributed by atoms with Gasteiger partial charge in [0.25, 0.3) is 5.91 Å². The van der Waals surface area contributed by atoms with E-state index in [-0.39, 0.29) is 5.91 Å². The molecular weight excluding hydrogens is 402 g/mol. The van der Waals surface area contributed by atoms with Gasteiger partial charge in [-0.15, -0.1) is 0 Å². The molecule has 1 aliphatic heterocycles. The van der Waals surface area contributed by atoms with Gasteiger partial charge in [0, 0.05) is 31.6 Å². The van der Waals surface area contributed by atoms with Crippen LogP contribution < -0.4 is 4.90 Å². The number of para-hydroxylation sites is 3. The summed E-state index contributed by atoms with van der Waals surface area (Å²) in [6.07, 6.45) is 0. The summed E-state index contributed by atoms with van der Waals surface area (Å²) in [5, 5.41) is 8.07. The molecule has 1 saturated heterocycles. The fraction of sp³-hybridized carbons (Fsp3) is 0.167. The van der Waals surface area contributed by atoms with Gasteiger partial charge >= 0.3 is 0 Å². The number of amides is 1. The minimum absolute atomic E-state index is 0.0360. The maximum Gasteiger partial charge on any atom is 0.275 e. The number of hydrogen-bond acceptors (Lipinski definition) is 5. The zero-order chi connectivity index (χ0) is 21.5. The summed E-state index contributed by atoms with van der Waals surface area (Å²) in [6.45, 7) is 2.67. The van der Waals surface area contributed by atoms with Gasteiger partial charge in [0.15, 0.2) is 11.5 Å². The summed E-state index contributed by atoms with van der Waals surface area (Å²) in [5.41, 5.74) is 4.08. The molecule has 0 radical (unpaired) electrons. The minimum atomic E-state index is -0.0360. The molecular formula is C24H21N7O. The molecule has 0 atom stereocenters. The van der Waals surface area contributed by atoms with Gasteiger partial charge in [-0.25, -0.2) is 9.97 Å². The first-order valence-corrected chi connectivity index (χ1v) is 10.7. The fourth-order valence-electron chi connectivity index (χ4n) is 4.22. The quantitative estimate of drug-likeness (QED) is 0.464. The zero-order valence-electron chi connectivity index (χ0n) is 17.3. The third-order valence-electron chi connectivity index (χ3n) is 5.93. The van der Waals surface area contributed by atoms with Crippen LogP contribution in [0.4, 0.5) is 5.82 Å². The van der Waals surface area contributed by atoms with Crippen LogP contribution in [0, 0.1) is 0 Å². The Labute approximate surface area is 183 Å². The minimum Gasteiger partial charge on any atom is -0.353 e. The second-order valence-electron chi connectivity index (χ2n) is 7.88. The molecule has 0 saturated carbocycles. The van der Waals surface area contributed by atoms with Crippen molar-refractivity contribution in [2.75, 3.05) is 31.1 Å². The molecule has 158 valence electrons. The second kappa shape index (κ2) is 7.49. The largest absolute Gasteiger partial charge is 0.353 e. The Hall–Kier alpha value is -4.20. The van der Waals surface area contributed by atoms with Crippen LogP contribution >= 0.6 is 0 Å². The molecule has 1 amide bonds. The summed E-state index contributed by atoms with van der Waals surface area (Å²) < 4.78 is 0. The Morgan fingerprint density at radius 1 is 0.812 bits per heavy atom. The molecule has 1 fully saturated rings. The fourth-order valence-corrected chi connectivity index (χ4v) is 4.22. The van der Waals surface area contributed by atoms with Crippen LogP contribution in [0.5, 0.6) is 0 Å². The topological polar surface area (TPSA) is 93.8 Å². The van der Waals surface area contributed by atoms with Gasteiger partial charge < -0.3 is 14.8 Å². The van der Waals surface area contributed by atoms with E-state index < -0.39 is 0 Å². The normalized spacial score (nSPS) is 14.4. The standard InChI is InChI=1S/C24H21N7O/c32-24(22-16-6-1-2-7-17(16)28-29-22)31-14-12-30(13-15-31)21-11-5-10-20(25-21)23-26-18-8-3-4-9-19(18)27-23/h1-11H,12-15H2,(H,26,27)(H,28,29). The van der Waals surface area contributed by atoms with Crippen LogP contribution in [0.2, 0.25) is 0 Å². The summed E-state index contributed by atoms with van der Waals surface area (Å²) in [6, 6.07) is 21.6. The third kappa shape index (κ3) is 3.17. The summed E-state index contributed by atoms with van der Waals surface area (Å²) >= 11 is 0. The number of imidazole rings is 1. The van der Waals surface area contributed by atoms with Gasteiger partial charge in [-0.05, 0) is 30.3 Å². The van der Waals surface area contributed by atoms with Crippen LogP contribution in [-0.2, 0) is 0 Å². The number of fused-ring (bicyclic) bond motifs is 2. The van der Waals surface area contributed by atoms with E-state index in [9.17, 15) is 4.79 Å². The first-order chi connectivity index (χ1) is 15.8. The highest BCUT2D eigenvalue weighted by molar-refractivity contribution is 6.04. The van der Waals surface area contributed by atoms with Crippen LogP contribution in [0.15, 0.2) is 66.7 Å². The highest BCUT2D eigenvalue weighted by atomic mass is 16.2. The lowest BCUT2D eigenvalue weighted by molar-refractivity contribution is 0.0742. The van der Waals surface area contributed by atoms with Crippen molar-refractivity contribution in [3.8, 4) is 11.5 Å². The zero-order valence-corrected chi connectivity index (χ0v) is 17.3. The van der Waals surface area contributed by atoms with Crippen LogP contribution in [0.25, 0.3) is 33.5 Å². The van der Waals surface area contributed by atoms with Crippen molar-refractivity contribution in [1.82, 2.24) is 30.0 Å². The molecule has 2 N–H and O–H groups in total. The van der Waals surface area contributed by atoms with E-state index >= 15 is 0 Å². The lowest BCUT2D eigenvalue weighted by atomic mass is 10.2. The molecule has 1 aliphatic rings. The summed E-state index contributed by atoms with van der Waals surface area (Å²) in [7, 11) is 0. The van der Waals surface area contributed by atoms with Crippen molar-refractivity contribution in [1.29, 1.82) is 0 Å². The molecule has 8 heteroatoms. The predicted molar refractivity (Wildman–Crippen MR) is 124 cm³/mol. The number of pyridine rings is 1. The third-order valence-corrected chi connectivity index (χ3v) is 5.93. The highest BCUT2D eigenvalue weighted by Crippen LogP contribution is 2.23. The van der Waals surface area contributed by atoms with E-state index in [2.05, 4.69) is 25.1 Å². The number of benzene rings is 2. The molecule has 4 heterocycles. The van der Waals surface area contributed by atoms with Crippen LogP contribution in [0.1, 0.15) is 10.5 Å². The van der Waals surface area contributed by atoms with Gasteiger partial charge in [0.05, 0.1) is 16.6 Å². The van der Waals surface area contributed by atoms with E-state index in [0.717, 1.165) is 39.3 Å². The number of nitrogens with one attached hydrogen (secondary N) is 2. The van der Waals surface area contributed by atoms with Gasteiger partial charge in [-0.3, -0.25) is 9.89 Å². The second-order valence-corrected chi connectivity index (χ2v) is 7.88. The molecule has 8 nitrogen and oxygen atoms in total. The van der Waals surface area contributed by atoms with Crippen molar-refractivity contribution < 1.29 is 4.79 Å². The number of nitrogens with zero attached hydrogens (tertiary/aromatic N) is 5. The van der Waals surface area contributed by atoms with Crippen LogP contribution in [0.3, 0.4) is 0 Å². The summed E-state index contributed by atoms with van der Waals surface area (Å²) in [5.74, 6) is 1.61. The van der Waals surface area contributed by atoms with Crippen molar-refractivity contribution >= 4 is 33.7 Å². The number of aromatic nitrogens is 5. The van der Waals surface area contributed by atoms with E-state index in [0.29, 0.717) is 31.9 Å². The number of piperazine rings is 1. The average Bonchev–Trinajstić information content (AvgIpc) is 3.48. The first kappa shape index (κ1) is 18.6. The number of H-pyrrole nitrogens is 2. The van der Waals surface area contributed by atoms with Crippen molar-refractivity contribution in [3.63, 3.8) is 0 Å². The van der Waals surface area contributed by atoms with Crippen molar-refractivity contribution in [2.24, 2.45) is 0 Å². The van der Waals surface area contributed by atoms with Crippen molar-refractivity contribution in [3.05, 3.63) is 72.4 Å². The molecule has 6 rings (SSSR count). The molecule has 0 spiro atoms. The Kier molecular flexibility index (Phi) is 4.34. The molecule has 0 unspecified atom stereocenters. The Bertz CT molecular complexity index is 1400. The van der Waals surface area contributed by atoms with Crippen molar-refractivity contribution in [2.45, 2.75) is 0 Å². The number of rotatable bonds is 3. The van der Waals surface area contributed by atoms with Gasteiger partial charge in [0.2, 0.25) is 0 Å². The van der Waals surface area contributed by atoms with Gasteiger partial charge in [-0.2, -0.15) is 5.10 Å². The number of carbonyl (C=O) groups excluding carboxylic acids is 1. The number of anilines is 1. The van der Waals surface area contributed by atoms with Gasteiger partial charge in [-0.1, -0.05) is 36.4 Å². The molecule has 0 aliphatic carbocycles. The van der Waals surface area contributed by atoms with E-state index in [4.69, 9.17) is 4.98 Å². The number of carbonyl (C=O) groups is 1. The summed E-state index contributed by atoms with van der Waals surface area (Å²) in [4.78, 5) is 29.9. The Morgan fingerprint density at radius 2 is 1.59 bits per heavy atom. The Balaban J connectivity index is 1.19. The lowest BCUT2D eigenvalue weighted by Gasteiger charge is -2.35. The lowest BCUT2D eigenvalue weighted by Crippen LogP contribution is -2.49. The van der Waals surface area contributed by atoms with Gasteiger partial charge in [0.1, 0.15) is 11.5 Å². The Morgan fingerprint density at radius 3 is 2.44 bits per heavy atom. The number of aromatic amines is 2. The average molecular weight is 423 g/mol. The molecule has 2 aromatic carbocycles. The van der Waals surface area contributed by atoms with E-state index in [1.54, 1.807) is 0 Å². The molecule has 0 bridgehead atoms. The predicted octanol–water partition coefficient (Wildman–Crippen LogP) is 3.46. The van der Waals surface area contributed by atoms with E-state index in [1.807, 2.05) is 71.6 Å². The first-order valence-electron chi connectivity index (χ1n) is 10.7. The maximum atomic E-state index is 13.0. The highest BCUT2D eigenvalue weighted by Gasteiger charge is 2.26. The smallest absolute Gasteiger partial charge is 0.275 e. The molecule has 32 heavy (non-hydrogen) atoms. The monoisotopic (exact) mass is 423 g/mol. The molecule has 5 aromatic rings. The SMILES string of the molecule is O=C(c1n[nH]c2ccccc12)N1CCN(c2cccc(-c3nc4ccccc4[nH]3)n2)CC1. The number of hydrogen-bond donors (Lipinski definition) is 2. The maximum absolute atomic E-state index is 13.0. The van der Waals surface area contributed by atoms with Crippen LogP contribution in [-0.4, -0.2) is 62.1 Å².